The molecule has 1 aromatic heterocycles. The van der Waals surface area contributed by atoms with Gasteiger partial charge in [-0.15, -0.1) is 0 Å². The molecule has 1 aromatic rings. The molecule has 1 rings (SSSR count). The van der Waals surface area contributed by atoms with Crippen molar-refractivity contribution in [2.45, 2.75) is 19.6 Å². The number of rotatable bonds is 5. The van der Waals surface area contributed by atoms with Crippen LogP contribution in [-0.4, -0.2) is 32.2 Å². The number of methoxy groups -OCH3 is 1. The zero-order valence-electron chi connectivity index (χ0n) is 10.7. The summed E-state index contributed by atoms with van der Waals surface area (Å²) >= 11 is 0. The zero-order valence-corrected chi connectivity index (χ0v) is 11.5. The molecule has 1 heterocycles. The minimum atomic E-state index is -3.37. The third-order valence-corrected chi connectivity index (χ3v) is 4.16. The van der Waals surface area contributed by atoms with Gasteiger partial charge in [-0.3, -0.25) is 9.78 Å². The lowest BCUT2D eigenvalue weighted by Crippen LogP contribution is -2.23. The van der Waals surface area contributed by atoms with E-state index in [2.05, 4.69) is 9.72 Å². The Kier molecular flexibility index (Phi) is 4.84. The summed E-state index contributed by atoms with van der Waals surface area (Å²) in [5, 5.41) is 0. The van der Waals surface area contributed by atoms with Crippen molar-refractivity contribution in [3.05, 3.63) is 29.6 Å². The van der Waals surface area contributed by atoms with Crippen LogP contribution in [0.5, 0.6) is 0 Å². The molecule has 0 N–H and O–H groups in total. The van der Waals surface area contributed by atoms with Crippen LogP contribution in [0.1, 0.15) is 18.3 Å². The molecule has 1 unspecified atom stereocenters. The van der Waals surface area contributed by atoms with Gasteiger partial charge in [0, 0.05) is 5.69 Å². The molecule has 0 aliphatic heterocycles. The van der Waals surface area contributed by atoms with E-state index in [0.29, 0.717) is 5.69 Å². The molecule has 0 aliphatic rings. The molecular weight excluding hydrogens is 254 g/mol. The molecule has 5 nitrogen and oxygen atoms in total. The first kappa shape index (κ1) is 14.6. The second-order valence-corrected chi connectivity index (χ2v) is 6.36. The van der Waals surface area contributed by atoms with Gasteiger partial charge in [0.25, 0.3) is 0 Å². The van der Waals surface area contributed by atoms with E-state index in [4.69, 9.17) is 0 Å². The Hall–Kier alpha value is -1.43. The van der Waals surface area contributed by atoms with Gasteiger partial charge in [0.2, 0.25) is 0 Å². The normalized spacial score (nSPS) is 13.1. The van der Waals surface area contributed by atoms with Crippen molar-refractivity contribution < 1.29 is 17.9 Å². The number of sulfone groups is 1. The Balaban J connectivity index is 2.74. The second kappa shape index (κ2) is 5.95. The van der Waals surface area contributed by atoms with Gasteiger partial charge in [0.1, 0.15) is 0 Å². The number of aromatic nitrogens is 1. The average Bonchev–Trinajstić information content (AvgIpc) is 2.26. The highest BCUT2D eigenvalue weighted by atomic mass is 32.2. The first-order valence-electron chi connectivity index (χ1n) is 5.55. The Bertz CT molecular complexity index is 525. The van der Waals surface area contributed by atoms with Crippen LogP contribution >= 0.6 is 0 Å². The van der Waals surface area contributed by atoms with Crippen LogP contribution in [0.25, 0.3) is 0 Å². The van der Waals surface area contributed by atoms with Crippen LogP contribution in [0.15, 0.2) is 18.2 Å². The Morgan fingerprint density at radius 3 is 2.67 bits per heavy atom. The summed E-state index contributed by atoms with van der Waals surface area (Å²) in [6.07, 6.45) is 0. The topological polar surface area (TPSA) is 73.3 Å². The van der Waals surface area contributed by atoms with Gasteiger partial charge in [-0.25, -0.2) is 8.42 Å². The van der Waals surface area contributed by atoms with E-state index in [0.717, 1.165) is 5.69 Å². The molecule has 0 aromatic carbocycles. The Morgan fingerprint density at radius 2 is 2.11 bits per heavy atom. The standard InChI is InChI=1S/C12H17NO4S/c1-9(12(14)17-3)7-18(15,16)8-11-6-4-5-10(2)13-11/h4-6,9H,7-8H2,1-3H3. The minimum absolute atomic E-state index is 0.157. The average molecular weight is 271 g/mol. The van der Waals surface area contributed by atoms with Crippen LogP contribution in [0.3, 0.4) is 0 Å². The highest BCUT2D eigenvalue weighted by molar-refractivity contribution is 7.90. The van der Waals surface area contributed by atoms with Crippen LogP contribution < -0.4 is 0 Å². The van der Waals surface area contributed by atoms with Gasteiger partial charge in [-0.05, 0) is 19.1 Å². The molecule has 6 heteroatoms. The molecular formula is C12H17NO4S. The summed E-state index contributed by atoms with van der Waals surface area (Å²) in [6.45, 7) is 3.33. The van der Waals surface area contributed by atoms with Gasteiger partial charge in [0.15, 0.2) is 9.84 Å². The van der Waals surface area contributed by atoms with Gasteiger partial charge < -0.3 is 4.74 Å². The quantitative estimate of drug-likeness (QED) is 0.750. The van der Waals surface area contributed by atoms with E-state index < -0.39 is 21.7 Å². The van der Waals surface area contributed by atoms with E-state index in [1.54, 1.807) is 25.1 Å². The first-order chi connectivity index (χ1) is 8.34. The van der Waals surface area contributed by atoms with E-state index in [1.165, 1.54) is 14.0 Å². The molecule has 0 saturated heterocycles. The van der Waals surface area contributed by atoms with E-state index in [-0.39, 0.29) is 11.5 Å². The number of esters is 1. The maximum atomic E-state index is 11.9. The van der Waals surface area contributed by atoms with E-state index in [9.17, 15) is 13.2 Å². The van der Waals surface area contributed by atoms with Gasteiger partial charge in [-0.1, -0.05) is 13.0 Å². The van der Waals surface area contributed by atoms with Crippen molar-refractivity contribution in [3.8, 4) is 0 Å². The van der Waals surface area contributed by atoms with Crippen molar-refractivity contribution in [1.29, 1.82) is 0 Å². The molecule has 0 radical (unpaired) electrons. The highest BCUT2D eigenvalue weighted by Gasteiger charge is 2.22. The van der Waals surface area contributed by atoms with Crippen LogP contribution in [-0.2, 0) is 25.1 Å². The first-order valence-corrected chi connectivity index (χ1v) is 7.37. The molecule has 18 heavy (non-hydrogen) atoms. The molecule has 100 valence electrons. The second-order valence-electron chi connectivity index (χ2n) is 4.25. The smallest absolute Gasteiger partial charge is 0.309 e. The molecule has 0 aliphatic carbocycles. The summed E-state index contributed by atoms with van der Waals surface area (Å²) in [4.78, 5) is 15.3. The molecule has 0 bridgehead atoms. The van der Waals surface area contributed by atoms with E-state index in [1.807, 2.05) is 0 Å². The van der Waals surface area contributed by atoms with E-state index >= 15 is 0 Å². The lowest BCUT2D eigenvalue weighted by molar-refractivity contribution is -0.144. The molecule has 0 saturated carbocycles. The predicted molar refractivity (Wildman–Crippen MR) is 67.6 cm³/mol. The number of hydrogen-bond donors (Lipinski definition) is 0. The number of carbonyl (C=O) groups excluding carboxylic acids is 1. The number of ether oxygens (including phenoxy) is 1. The number of hydrogen-bond acceptors (Lipinski definition) is 5. The number of carbonyl (C=O) groups is 1. The summed E-state index contributed by atoms with van der Waals surface area (Å²) in [6, 6.07) is 5.22. The van der Waals surface area contributed by atoms with Crippen molar-refractivity contribution in [1.82, 2.24) is 4.98 Å². The third kappa shape index (κ3) is 4.44. The zero-order chi connectivity index (χ0) is 13.8. The SMILES string of the molecule is COC(=O)C(C)CS(=O)(=O)Cc1cccc(C)n1. The summed E-state index contributed by atoms with van der Waals surface area (Å²) in [7, 11) is -2.13. The van der Waals surface area contributed by atoms with Gasteiger partial charge >= 0.3 is 5.97 Å². The largest absolute Gasteiger partial charge is 0.469 e. The number of pyridine rings is 1. The van der Waals surface area contributed by atoms with Crippen molar-refractivity contribution >= 4 is 15.8 Å². The molecule has 1 atom stereocenters. The Labute approximate surface area is 107 Å². The number of nitrogens with zero attached hydrogens (tertiary/aromatic N) is 1. The van der Waals surface area contributed by atoms with Gasteiger partial charge in [-0.2, -0.15) is 0 Å². The fraction of sp³-hybridized carbons (Fsp3) is 0.500. The Morgan fingerprint density at radius 1 is 1.44 bits per heavy atom. The summed E-state index contributed by atoms with van der Waals surface area (Å²) in [5.74, 6) is -1.56. The fourth-order valence-electron chi connectivity index (χ4n) is 1.61. The molecule has 0 spiro atoms. The van der Waals surface area contributed by atoms with Crippen molar-refractivity contribution in [2.24, 2.45) is 5.92 Å². The highest BCUT2D eigenvalue weighted by Crippen LogP contribution is 2.10. The van der Waals surface area contributed by atoms with Crippen LogP contribution in [0.4, 0.5) is 0 Å². The number of aryl methyl sites for hydroxylation is 1. The maximum absolute atomic E-state index is 11.9. The summed E-state index contributed by atoms with van der Waals surface area (Å²) < 4.78 is 28.3. The van der Waals surface area contributed by atoms with Crippen LogP contribution in [0, 0.1) is 12.8 Å². The summed E-state index contributed by atoms with van der Waals surface area (Å²) in [5.41, 5.74) is 1.26. The van der Waals surface area contributed by atoms with Gasteiger partial charge in [0.05, 0.1) is 30.2 Å². The molecule has 0 amide bonds. The lowest BCUT2D eigenvalue weighted by atomic mass is 10.2. The maximum Gasteiger partial charge on any atom is 0.309 e. The van der Waals surface area contributed by atoms with Crippen LogP contribution in [0.2, 0.25) is 0 Å². The fourth-order valence-corrected chi connectivity index (χ4v) is 3.24. The van der Waals surface area contributed by atoms with Crippen molar-refractivity contribution in [2.75, 3.05) is 12.9 Å². The minimum Gasteiger partial charge on any atom is -0.469 e. The lowest BCUT2D eigenvalue weighted by Gasteiger charge is -2.09. The predicted octanol–water partition coefficient (Wildman–Crippen LogP) is 1.11. The third-order valence-electron chi connectivity index (χ3n) is 2.42. The monoisotopic (exact) mass is 271 g/mol. The molecule has 0 fully saturated rings. The van der Waals surface area contributed by atoms with Crippen molar-refractivity contribution in [3.63, 3.8) is 0 Å².